The number of rotatable bonds is 2. The predicted octanol–water partition coefficient (Wildman–Crippen LogP) is 1.86. The number of thiocarbonyl (C=S) groups is 1. The SMILES string of the molecule is Cc1ccnc(NC(=S)NC(=O)C(C)C)c1. The minimum Gasteiger partial charge on any atom is -0.317 e. The molecule has 86 valence electrons. The van der Waals surface area contributed by atoms with Crippen LogP contribution in [0.25, 0.3) is 0 Å². The minimum atomic E-state index is -0.106. The lowest BCUT2D eigenvalue weighted by molar-refractivity contribution is -0.122. The van der Waals surface area contributed by atoms with Crippen molar-refractivity contribution in [3.05, 3.63) is 23.9 Å². The van der Waals surface area contributed by atoms with Gasteiger partial charge in [0.25, 0.3) is 0 Å². The Morgan fingerprint density at radius 3 is 2.75 bits per heavy atom. The number of pyridine rings is 1. The zero-order chi connectivity index (χ0) is 12.1. The highest BCUT2D eigenvalue weighted by Crippen LogP contribution is 2.04. The molecular formula is C11H15N3OS. The van der Waals surface area contributed by atoms with Crippen molar-refractivity contribution < 1.29 is 4.79 Å². The van der Waals surface area contributed by atoms with Crippen LogP contribution in [0.4, 0.5) is 5.82 Å². The van der Waals surface area contributed by atoms with Crippen LogP contribution in [0.2, 0.25) is 0 Å². The molecule has 0 atom stereocenters. The van der Waals surface area contributed by atoms with Crippen molar-refractivity contribution in [3.8, 4) is 0 Å². The molecule has 2 N–H and O–H groups in total. The molecule has 0 fully saturated rings. The summed E-state index contributed by atoms with van der Waals surface area (Å²) in [5, 5.41) is 5.72. The molecule has 0 radical (unpaired) electrons. The minimum absolute atomic E-state index is 0.0924. The lowest BCUT2D eigenvalue weighted by Crippen LogP contribution is -2.36. The number of hydrogen-bond donors (Lipinski definition) is 2. The maximum atomic E-state index is 11.4. The number of hydrogen-bond acceptors (Lipinski definition) is 3. The zero-order valence-electron chi connectivity index (χ0n) is 9.57. The molecule has 1 amide bonds. The van der Waals surface area contributed by atoms with E-state index in [1.807, 2.05) is 32.9 Å². The molecule has 1 heterocycles. The van der Waals surface area contributed by atoms with Gasteiger partial charge >= 0.3 is 0 Å². The second kappa shape index (κ2) is 5.55. The maximum absolute atomic E-state index is 11.4. The van der Waals surface area contributed by atoms with Crippen LogP contribution in [-0.2, 0) is 4.79 Å². The van der Waals surface area contributed by atoms with E-state index in [1.165, 1.54) is 0 Å². The summed E-state index contributed by atoms with van der Waals surface area (Å²) in [4.78, 5) is 15.4. The molecule has 0 spiro atoms. The number of amides is 1. The highest BCUT2D eigenvalue weighted by molar-refractivity contribution is 7.80. The molecule has 0 aliphatic carbocycles. The Kier molecular flexibility index (Phi) is 4.37. The zero-order valence-corrected chi connectivity index (χ0v) is 10.4. The van der Waals surface area contributed by atoms with Gasteiger partial charge in [-0.2, -0.15) is 0 Å². The van der Waals surface area contributed by atoms with Crippen LogP contribution in [-0.4, -0.2) is 16.0 Å². The summed E-state index contributed by atoms with van der Waals surface area (Å²) in [5.74, 6) is 0.435. The third kappa shape index (κ3) is 3.94. The van der Waals surface area contributed by atoms with Crippen molar-refractivity contribution in [2.24, 2.45) is 5.92 Å². The van der Waals surface area contributed by atoms with E-state index in [2.05, 4.69) is 15.6 Å². The van der Waals surface area contributed by atoms with Crippen molar-refractivity contribution in [3.63, 3.8) is 0 Å². The fourth-order valence-corrected chi connectivity index (χ4v) is 1.21. The van der Waals surface area contributed by atoms with E-state index >= 15 is 0 Å². The fraction of sp³-hybridized carbons (Fsp3) is 0.364. The first-order valence-corrected chi connectivity index (χ1v) is 5.44. The fourth-order valence-electron chi connectivity index (χ4n) is 1.01. The topological polar surface area (TPSA) is 54.0 Å². The molecule has 16 heavy (non-hydrogen) atoms. The monoisotopic (exact) mass is 237 g/mol. The van der Waals surface area contributed by atoms with Crippen LogP contribution in [0.3, 0.4) is 0 Å². The Balaban J connectivity index is 2.55. The smallest absolute Gasteiger partial charge is 0.228 e. The molecule has 1 aromatic rings. The molecule has 1 rings (SSSR count). The largest absolute Gasteiger partial charge is 0.317 e. The number of carbonyl (C=O) groups is 1. The highest BCUT2D eigenvalue weighted by atomic mass is 32.1. The molecule has 0 aliphatic heterocycles. The van der Waals surface area contributed by atoms with Gasteiger partial charge in [-0.05, 0) is 36.8 Å². The van der Waals surface area contributed by atoms with Crippen LogP contribution in [0.5, 0.6) is 0 Å². The van der Waals surface area contributed by atoms with E-state index in [0.29, 0.717) is 5.82 Å². The van der Waals surface area contributed by atoms with Gasteiger partial charge in [-0.15, -0.1) is 0 Å². The predicted molar refractivity (Wildman–Crippen MR) is 68.2 cm³/mol. The molecule has 0 saturated heterocycles. The van der Waals surface area contributed by atoms with Crippen LogP contribution in [0, 0.1) is 12.8 Å². The van der Waals surface area contributed by atoms with Gasteiger partial charge in [0.2, 0.25) is 5.91 Å². The molecule has 1 aromatic heterocycles. The molecule has 0 unspecified atom stereocenters. The first-order chi connectivity index (χ1) is 7.49. The van der Waals surface area contributed by atoms with E-state index in [0.717, 1.165) is 5.56 Å². The van der Waals surface area contributed by atoms with Crippen molar-refractivity contribution in [1.29, 1.82) is 0 Å². The Morgan fingerprint density at radius 2 is 2.19 bits per heavy atom. The molecule has 0 aliphatic rings. The van der Waals surface area contributed by atoms with E-state index in [9.17, 15) is 4.79 Å². The third-order valence-electron chi connectivity index (χ3n) is 1.92. The van der Waals surface area contributed by atoms with Crippen LogP contribution in [0.1, 0.15) is 19.4 Å². The molecule has 5 heteroatoms. The Labute approximate surface area is 100 Å². The molecule has 0 aromatic carbocycles. The van der Waals surface area contributed by atoms with Gasteiger partial charge < -0.3 is 10.6 Å². The second-order valence-corrected chi connectivity index (χ2v) is 4.22. The number of carbonyl (C=O) groups excluding carboxylic acids is 1. The van der Waals surface area contributed by atoms with Gasteiger partial charge in [0.05, 0.1) is 0 Å². The summed E-state index contributed by atoms with van der Waals surface area (Å²) >= 11 is 4.99. The Morgan fingerprint density at radius 1 is 1.50 bits per heavy atom. The van der Waals surface area contributed by atoms with Crippen molar-refractivity contribution >= 4 is 29.1 Å². The second-order valence-electron chi connectivity index (χ2n) is 3.82. The number of nitrogens with one attached hydrogen (secondary N) is 2. The number of aromatic nitrogens is 1. The summed E-state index contributed by atoms with van der Waals surface area (Å²) in [5.41, 5.74) is 1.08. The van der Waals surface area contributed by atoms with Crippen LogP contribution in [0.15, 0.2) is 18.3 Å². The van der Waals surface area contributed by atoms with Crippen molar-refractivity contribution in [2.75, 3.05) is 5.32 Å². The molecule has 4 nitrogen and oxygen atoms in total. The quantitative estimate of drug-likeness (QED) is 0.771. The average molecular weight is 237 g/mol. The lowest BCUT2D eigenvalue weighted by atomic mass is 10.2. The normalized spacial score (nSPS) is 10.0. The first kappa shape index (κ1) is 12.6. The van der Waals surface area contributed by atoms with Crippen molar-refractivity contribution in [1.82, 2.24) is 10.3 Å². The first-order valence-electron chi connectivity index (χ1n) is 5.03. The third-order valence-corrected chi connectivity index (χ3v) is 2.12. The Hall–Kier alpha value is -1.49. The Bertz CT molecular complexity index is 404. The summed E-state index contributed by atoms with van der Waals surface area (Å²) in [6, 6.07) is 3.74. The number of anilines is 1. The van der Waals surface area contributed by atoms with Crippen LogP contribution >= 0.6 is 12.2 Å². The van der Waals surface area contributed by atoms with Gasteiger partial charge in [-0.3, -0.25) is 4.79 Å². The van der Waals surface area contributed by atoms with E-state index in [-0.39, 0.29) is 16.9 Å². The van der Waals surface area contributed by atoms with Gasteiger partial charge in [-0.25, -0.2) is 4.98 Å². The number of aryl methyl sites for hydroxylation is 1. The summed E-state index contributed by atoms with van der Waals surface area (Å²) in [7, 11) is 0. The van der Waals surface area contributed by atoms with Gasteiger partial charge in [0, 0.05) is 12.1 Å². The van der Waals surface area contributed by atoms with Gasteiger partial charge in [0.1, 0.15) is 5.82 Å². The summed E-state index contributed by atoms with van der Waals surface area (Å²) in [6.07, 6.45) is 1.69. The van der Waals surface area contributed by atoms with Gasteiger partial charge in [0.15, 0.2) is 5.11 Å². The molecule has 0 bridgehead atoms. The van der Waals surface area contributed by atoms with E-state index in [4.69, 9.17) is 12.2 Å². The summed E-state index contributed by atoms with van der Waals surface area (Å²) in [6.45, 7) is 5.58. The summed E-state index contributed by atoms with van der Waals surface area (Å²) < 4.78 is 0. The van der Waals surface area contributed by atoms with E-state index < -0.39 is 0 Å². The van der Waals surface area contributed by atoms with Crippen LogP contribution < -0.4 is 10.6 Å². The number of nitrogens with zero attached hydrogens (tertiary/aromatic N) is 1. The standard InChI is InChI=1S/C11H15N3OS/c1-7(2)10(15)14-11(16)13-9-6-8(3)4-5-12-9/h4-7H,1-3H3,(H2,12,13,14,15,16). The molecule has 0 saturated carbocycles. The lowest BCUT2D eigenvalue weighted by Gasteiger charge is -2.10. The highest BCUT2D eigenvalue weighted by Gasteiger charge is 2.08. The van der Waals surface area contributed by atoms with E-state index in [1.54, 1.807) is 6.20 Å². The average Bonchev–Trinajstić information content (AvgIpc) is 2.16. The van der Waals surface area contributed by atoms with Gasteiger partial charge in [-0.1, -0.05) is 13.8 Å². The molecular weight excluding hydrogens is 222 g/mol. The maximum Gasteiger partial charge on any atom is 0.228 e. The van der Waals surface area contributed by atoms with Crippen molar-refractivity contribution in [2.45, 2.75) is 20.8 Å².